The van der Waals surface area contributed by atoms with Gasteiger partial charge in [0.15, 0.2) is 0 Å². The third-order valence-electron chi connectivity index (χ3n) is 3.06. The van der Waals surface area contributed by atoms with Gasteiger partial charge in [0, 0.05) is 24.1 Å². The molecule has 0 spiro atoms. The van der Waals surface area contributed by atoms with Gasteiger partial charge < -0.3 is 9.88 Å². The van der Waals surface area contributed by atoms with Crippen LogP contribution in [0.3, 0.4) is 0 Å². The number of para-hydroxylation sites is 1. The smallest absolute Gasteiger partial charge is 0.207 e. The van der Waals surface area contributed by atoms with E-state index in [-0.39, 0.29) is 0 Å². The lowest BCUT2D eigenvalue weighted by atomic mass is 10.2. The molecule has 1 N–H and O–H groups in total. The van der Waals surface area contributed by atoms with Gasteiger partial charge in [-0.05, 0) is 37.0 Å². The van der Waals surface area contributed by atoms with Crippen LogP contribution in [0.2, 0.25) is 0 Å². The van der Waals surface area contributed by atoms with E-state index in [1.54, 1.807) is 0 Å². The van der Waals surface area contributed by atoms with Crippen molar-refractivity contribution in [1.82, 2.24) is 9.55 Å². The molecule has 19 heavy (non-hydrogen) atoms. The van der Waals surface area contributed by atoms with Gasteiger partial charge in [-0.2, -0.15) is 11.8 Å². The molecule has 3 nitrogen and oxygen atoms in total. The molecule has 0 fully saturated rings. The molecule has 1 atom stereocenters. The minimum Gasteiger partial charge on any atom is -0.326 e. The molecule has 0 radical (unpaired) electrons. The summed E-state index contributed by atoms with van der Waals surface area (Å²) in [6.45, 7) is 4.45. The minimum absolute atomic E-state index is 0.466. The Hall–Kier alpha value is -1.42. The van der Waals surface area contributed by atoms with Gasteiger partial charge in [0.05, 0.1) is 0 Å². The fourth-order valence-electron chi connectivity index (χ4n) is 1.95. The lowest BCUT2D eigenvalue weighted by molar-refractivity contribution is 0.541. The largest absolute Gasteiger partial charge is 0.326 e. The third kappa shape index (κ3) is 4.03. The van der Waals surface area contributed by atoms with E-state index in [1.165, 1.54) is 17.9 Å². The second kappa shape index (κ2) is 7.24. The van der Waals surface area contributed by atoms with Crippen molar-refractivity contribution < 1.29 is 0 Å². The molecule has 1 aromatic heterocycles. The van der Waals surface area contributed by atoms with Gasteiger partial charge in [-0.25, -0.2) is 4.98 Å². The fourth-order valence-corrected chi connectivity index (χ4v) is 2.75. The quantitative estimate of drug-likeness (QED) is 0.763. The number of imidazole rings is 1. The van der Waals surface area contributed by atoms with E-state index in [4.69, 9.17) is 0 Å². The molecular weight excluding hydrogens is 254 g/mol. The molecule has 0 aliphatic heterocycles. The molecule has 0 aliphatic carbocycles. The Morgan fingerprint density at radius 3 is 2.84 bits per heavy atom. The van der Waals surface area contributed by atoms with Crippen molar-refractivity contribution in [2.24, 2.45) is 0 Å². The summed E-state index contributed by atoms with van der Waals surface area (Å²) >= 11 is 1.99. The standard InChI is InChI=1S/C15H21N3S/c1-3-19-12-9-13(2)18-11-10-16-15(18)17-14-7-5-4-6-8-14/h4-8,10-11,13H,3,9,12H2,1-2H3,(H,16,17). The van der Waals surface area contributed by atoms with Gasteiger partial charge in [0.1, 0.15) is 0 Å². The summed E-state index contributed by atoms with van der Waals surface area (Å²) in [4.78, 5) is 4.41. The van der Waals surface area contributed by atoms with Crippen LogP contribution in [-0.2, 0) is 0 Å². The first kappa shape index (κ1) is 14.0. The fraction of sp³-hybridized carbons (Fsp3) is 0.400. The van der Waals surface area contributed by atoms with E-state index >= 15 is 0 Å². The first-order chi connectivity index (χ1) is 9.31. The first-order valence-electron chi connectivity index (χ1n) is 6.74. The van der Waals surface area contributed by atoms with Gasteiger partial charge >= 0.3 is 0 Å². The Morgan fingerprint density at radius 2 is 2.11 bits per heavy atom. The lowest BCUT2D eigenvalue weighted by Crippen LogP contribution is -2.09. The zero-order valence-electron chi connectivity index (χ0n) is 11.5. The summed E-state index contributed by atoms with van der Waals surface area (Å²) in [5.74, 6) is 3.30. The van der Waals surface area contributed by atoms with E-state index in [0.717, 1.165) is 11.6 Å². The van der Waals surface area contributed by atoms with Crippen molar-refractivity contribution >= 4 is 23.4 Å². The zero-order valence-corrected chi connectivity index (χ0v) is 12.4. The molecule has 0 bridgehead atoms. The Kier molecular flexibility index (Phi) is 5.33. The van der Waals surface area contributed by atoms with Gasteiger partial charge in [-0.3, -0.25) is 0 Å². The number of thioether (sulfide) groups is 1. The molecule has 1 unspecified atom stereocenters. The highest BCUT2D eigenvalue weighted by atomic mass is 32.2. The third-order valence-corrected chi connectivity index (χ3v) is 3.99. The molecule has 1 heterocycles. The normalized spacial score (nSPS) is 12.3. The molecule has 2 rings (SSSR count). The van der Waals surface area contributed by atoms with Crippen LogP contribution in [0.4, 0.5) is 11.6 Å². The number of rotatable bonds is 7. The molecular formula is C15H21N3S. The predicted octanol–water partition coefficient (Wildman–Crippen LogP) is 4.33. The van der Waals surface area contributed by atoms with Crippen molar-refractivity contribution in [3.05, 3.63) is 42.7 Å². The van der Waals surface area contributed by atoms with Crippen LogP contribution in [-0.4, -0.2) is 21.1 Å². The Bertz CT molecular complexity index is 481. The Labute approximate surface area is 119 Å². The lowest BCUT2D eigenvalue weighted by Gasteiger charge is -2.16. The predicted molar refractivity (Wildman–Crippen MR) is 84.3 cm³/mol. The van der Waals surface area contributed by atoms with Gasteiger partial charge in [0.25, 0.3) is 0 Å². The van der Waals surface area contributed by atoms with Crippen LogP contribution >= 0.6 is 11.8 Å². The highest BCUT2D eigenvalue weighted by molar-refractivity contribution is 7.99. The van der Waals surface area contributed by atoms with Gasteiger partial charge in [0.2, 0.25) is 5.95 Å². The number of nitrogens with one attached hydrogen (secondary N) is 1. The van der Waals surface area contributed by atoms with Crippen LogP contribution in [0, 0.1) is 0 Å². The van der Waals surface area contributed by atoms with E-state index in [2.05, 4.69) is 40.8 Å². The molecule has 0 aliphatic rings. The van der Waals surface area contributed by atoms with Crippen molar-refractivity contribution in [1.29, 1.82) is 0 Å². The molecule has 0 amide bonds. The molecule has 4 heteroatoms. The highest BCUT2D eigenvalue weighted by Crippen LogP contribution is 2.21. The van der Waals surface area contributed by atoms with Crippen LogP contribution in [0.5, 0.6) is 0 Å². The Balaban J connectivity index is 2.01. The van der Waals surface area contributed by atoms with Crippen molar-refractivity contribution in [2.75, 3.05) is 16.8 Å². The molecule has 0 saturated heterocycles. The summed E-state index contributed by atoms with van der Waals surface area (Å²) in [6, 6.07) is 10.6. The number of hydrogen-bond acceptors (Lipinski definition) is 3. The summed E-state index contributed by atoms with van der Waals surface area (Å²) in [7, 11) is 0. The first-order valence-corrected chi connectivity index (χ1v) is 7.89. The maximum Gasteiger partial charge on any atom is 0.207 e. The maximum absolute atomic E-state index is 4.41. The van der Waals surface area contributed by atoms with E-state index in [1.807, 2.05) is 42.4 Å². The Morgan fingerprint density at radius 1 is 1.32 bits per heavy atom. The second-order valence-corrected chi connectivity index (χ2v) is 5.88. The zero-order chi connectivity index (χ0) is 13.5. The summed E-state index contributed by atoms with van der Waals surface area (Å²) in [6.07, 6.45) is 5.07. The van der Waals surface area contributed by atoms with Crippen LogP contribution in [0.25, 0.3) is 0 Å². The van der Waals surface area contributed by atoms with Gasteiger partial charge in [-0.15, -0.1) is 0 Å². The monoisotopic (exact) mass is 275 g/mol. The number of aromatic nitrogens is 2. The molecule has 1 aromatic carbocycles. The summed E-state index contributed by atoms with van der Waals surface area (Å²) in [5.41, 5.74) is 1.07. The van der Waals surface area contributed by atoms with Gasteiger partial charge in [-0.1, -0.05) is 25.1 Å². The van der Waals surface area contributed by atoms with Crippen molar-refractivity contribution in [3.8, 4) is 0 Å². The minimum atomic E-state index is 0.466. The van der Waals surface area contributed by atoms with E-state index in [9.17, 15) is 0 Å². The SMILES string of the molecule is CCSCCC(C)n1ccnc1Nc1ccccc1. The highest BCUT2D eigenvalue weighted by Gasteiger charge is 2.09. The number of benzene rings is 1. The number of nitrogens with zero attached hydrogens (tertiary/aromatic N) is 2. The maximum atomic E-state index is 4.41. The van der Waals surface area contributed by atoms with Crippen LogP contribution in [0.15, 0.2) is 42.7 Å². The van der Waals surface area contributed by atoms with Crippen molar-refractivity contribution in [3.63, 3.8) is 0 Å². The average molecular weight is 275 g/mol. The summed E-state index contributed by atoms with van der Waals surface area (Å²) < 4.78 is 2.21. The van der Waals surface area contributed by atoms with Crippen molar-refractivity contribution in [2.45, 2.75) is 26.3 Å². The topological polar surface area (TPSA) is 29.9 Å². The summed E-state index contributed by atoms with van der Waals surface area (Å²) in [5, 5.41) is 3.37. The van der Waals surface area contributed by atoms with E-state index < -0.39 is 0 Å². The molecule has 102 valence electrons. The van der Waals surface area contributed by atoms with E-state index in [0.29, 0.717) is 6.04 Å². The molecule has 2 aromatic rings. The molecule has 0 saturated carbocycles. The van der Waals surface area contributed by atoms with Crippen LogP contribution in [0.1, 0.15) is 26.3 Å². The number of hydrogen-bond donors (Lipinski definition) is 1. The van der Waals surface area contributed by atoms with Crippen LogP contribution < -0.4 is 5.32 Å². The second-order valence-electron chi connectivity index (χ2n) is 4.48. The number of anilines is 2. The average Bonchev–Trinajstić information content (AvgIpc) is 2.88.